The third kappa shape index (κ3) is 3.02. The monoisotopic (exact) mass is 277 g/mol. The Labute approximate surface area is 116 Å². The van der Waals surface area contributed by atoms with Crippen LogP contribution in [0.2, 0.25) is 0 Å². The number of aryl methyl sites for hydroxylation is 1. The zero-order chi connectivity index (χ0) is 14.7. The summed E-state index contributed by atoms with van der Waals surface area (Å²) < 4.78 is 3.25. The van der Waals surface area contributed by atoms with Gasteiger partial charge in [0.25, 0.3) is 0 Å². The predicted molar refractivity (Wildman–Crippen MR) is 72.4 cm³/mol. The maximum absolute atomic E-state index is 12.0. The van der Waals surface area contributed by atoms with E-state index in [-0.39, 0.29) is 18.5 Å². The van der Waals surface area contributed by atoms with Gasteiger partial charge in [0.15, 0.2) is 0 Å². The lowest BCUT2D eigenvalue weighted by atomic mass is 10.1. The molecule has 0 fully saturated rings. The molecule has 2 aromatic rings. The lowest BCUT2D eigenvalue weighted by molar-refractivity contribution is -0.122. The summed E-state index contributed by atoms with van der Waals surface area (Å²) >= 11 is 0. The molecule has 1 amide bonds. The van der Waals surface area contributed by atoms with Gasteiger partial charge in [-0.05, 0) is 13.8 Å². The van der Waals surface area contributed by atoms with Crippen LogP contribution in [-0.4, -0.2) is 30.7 Å². The smallest absolute Gasteiger partial charge is 0.242 e. The summed E-state index contributed by atoms with van der Waals surface area (Å²) in [4.78, 5) is 12.0. The van der Waals surface area contributed by atoms with Gasteiger partial charge < -0.3 is 11.1 Å². The van der Waals surface area contributed by atoms with E-state index in [1.807, 2.05) is 20.9 Å². The highest BCUT2D eigenvalue weighted by Gasteiger charge is 2.15. The van der Waals surface area contributed by atoms with Gasteiger partial charge >= 0.3 is 0 Å². The van der Waals surface area contributed by atoms with Gasteiger partial charge in [0.05, 0.1) is 24.1 Å². The molecule has 8 nitrogen and oxygen atoms in total. The maximum atomic E-state index is 12.0. The van der Waals surface area contributed by atoms with E-state index in [9.17, 15) is 4.79 Å². The fourth-order valence-electron chi connectivity index (χ4n) is 1.96. The van der Waals surface area contributed by atoms with Gasteiger partial charge in [0.1, 0.15) is 6.54 Å². The summed E-state index contributed by atoms with van der Waals surface area (Å²) in [5.41, 5.74) is 8.14. The van der Waals surface area contributed by atoms with Crippen LogP contribution in [0.5, 0.6) is 0 Å². The van der Waals surface area contributed by atoms with Crippen molar-refractivity contribution < 1.29 is 4.79 Å². The Morgan fingerprint density at radius 1 is 1.55 bits per heavy atom. The van der Waals surface area contributed by atoms with E-state index in [4.69, 9.17) is 5.73 Å². The SMILES string of the molecule is Cc1c(C(C)NC(=O)Cn2cc(CN)nn2)cnn1C. The lowest BCUT2D eigenvalue weighted by Gasteiger charge is -2.13. The molecule has 20 heavy (non-hydrogen) atoms. The van der Waals surface area contributed by atoms with Gasteiger partial charge in [0, 0.05) is 24.8 Å². The fourth-order valence-corrected chi connectivity index (χ4v) is 1.96. The molecule has 0 aliphatic carbocycles. The van der Waals surface area contributed by atoms with Crippen molar-refractivity contribution in [2.45, 2.75) is 33.0 Å². The van der Waals surface area contributed by atoms with Gasteiger partial charge in [-0.25, -0.2) is 4.68 Å². The van der Waals surface area contributed by atoms with Gasteiger partial charge in [-0.2, -0.15) is 5.10 Å². The molecular formula is C12H19N7O. The Balaban J connectivity index is 1.95. The molecule has 0 aliphatic rings. The summed E-state index contributed by atoms with van der Waals surface area (Å²) in [7, 11) is 1.87. The van der Waals surface area contributed by atoms with E-state index < -0.39 is 0 Å². The minimum absolute atomic E-state index is 0.103. The van der Waals surface area contributed by atoms with Crippen LogP contribution in [0.4, 0.5) is 0 Å². The van der Waals surface area contributed by atoms with E-state index in [0.29, 0.717) is 12.2 Å². The first-order valence-electron chi connectivity index (χ1n) is 6.38. The molecule has 0 spiro atoms. The lowest BCUT2D eigenvalue weighted by Crippen LogP contribution is -2.30. The summed E-state index contributed by atoms with van der Waals surface area (Å²) in [6.45, 7) is 4.33. The van der Waals surface area contributed by atoms with Crippen molar-refractivity contribution in [2.24, 2.45) is 12.8 Å². The highest BCUT2D eigenvalue weighted by molar-refractivity contribution is 5.76. The predicted octanol–water partition coefficient (Wildman–Crippen LogP) is -0.344. The summed E-state index contributed by atoms with van der Waals surface area (Å²) in [5.74, 6) is -0.130. The van der Waals surface area contributed by atoms with E-state index >= 15 is 0 Å². The van der Waals surface area contributed by atoms with Crippen LogP contribution < -0.4 is 11.1 Å². The molecule has 1 atom stereocenters. The topological polar surface area (TPSA) is 104 Å². The molecule has 0 saturated carbocycles. The van der Waals surface area contributed by atoms with Gasteiger partial charge in [-0.3, -0.25) is 9.48 Å². The molecule has 1 unspecified atom stereocenters. The Kier molecular flexibility index (Phi) is 4.14. The Morgan fingerprint density at radius 2 is 2.30 bits per heavy atom. The zero-order valence-electron chi connectivity index (χ0n) is 11.9. The van der Waals surface area contributed by atoms with E-state index in [2.05, 4.69) is 20.7 Å². The minimum Gasteiger partial charge on any atom is -0.348 e. The summed E-state index contributed by atoms with van der Waals surface area (Å²) in [6, 6.07) is -0.103. The molecule has 2 rings (SSSR count). The fraction of sp³-hybridized carbons (Fsp3) is 0.500. The van der Waals surface area contributed by atoms with E-state index in [1.54, 1.807) is 17.1 Å². The number of aromatic nitrogens is 5. The highest BCUT2D eigenvalue weighted by atomic mass is 16.2. The van der Waals surface area contributed by atoms with Crippen LogP contribution in [-0.2, 0) is 24.9 Å². The molecular weight excluding hydrogens is 258 g/mol. The van der Waals surface area contributed by atoms with Crippen LogP contribution in [0.15, 0.2) is 12.4 Å². The Morgan fingerprint density at radius 3 is 2.85 bits per heavy atom. The molecule has 0 aromatic carbocycles. The average molecular weight is 277 g/mol. The number of rotatable bonds is 5. The quantitative estimate of drug-likeness (QED) is 0.778. The first kappa shape index (κ1) is 14.2. The first-order valence-corrected chi connectivity index (χ1v) is 6.38. The third-order valence-electron chi connectivity index (χ3n) is 3.22. The molecule has 0 bridgehead atoms. The van der Waals surface area contributed by atoms with Crippen molar-refractivity contribution >= 4 is 5.91 Å². The van der Waals surface area contributed by atoms with Crippen LogP contribution in [0.1, 0.15) is 29.9 Å². The second-order valence-corrected chi connectivity index (χ2v) is 4.71. The normalized spacial score (nSPS) is 12.4. The molecule has 0 saturated heterocycles. The molecule has 8 heteroatoms. The zero-order valence-corrected chi connectivity index (χ0v) is 11.9. The minimum atomic E-state index is -0.130. The van der Waals surface area contributed by atoms with Crippen molar-refractivity contribution in [3.8, 4) is 0 Å². The standard InChI is InChI=1S/C12H19N7O/c1-8(11-5-14-18(3)9(11)2)15-12(20)7-19-6-10(4-13)16-17-19/h5-6,8H,4,7,13H2,1-3H3,(H,15,20). The molecule has 2 heterocycles. The highest BCUT2D eigenvalue weighted by Crippen LogP contribution is 2.15. The number of nitrogens with one attached hydrogen (secondary N) is 1. The Bertz CT molecular complexity index is 601. The molecule has 0 radical (unpaired) electrons. The second kappa shape index (κ2) is 5.83. The largest absolute Gasteiger partial charge is 0.348 e. The van der Waals surface area contributed by atoms with Crippen LogP contribution in [0.3, 0.4) is 0 Å². The summed E-state index contributed by atoms with van der Waals surface area (Å²) in [6.07, 6.45) is 3.43. The number of hydrogen-bond acceptors (Lipinski definition) is 5. The van der Waals surface area contributed by atoms with Crippen molar-refractivity contribution in [2.75, 3.05) is 0 Å². The average Bonchev–Trinajstić information content (AvgIpc) is 2.97. The first-order chi connectivity index (χ1) is 9.51. The number of amides is 1. The van der Waals surface area contributed by atoms with Crippen molar-refractivity contribution in [3.63, 3.8) is 0 Å². The number of hydrogen-bond donors (Lipinski definition) is 2. The summed E-state index contributed by atoms with van der Waals surface area (Å²) in [5, 5.41) is 14.8. The van der Waals surface area contributed by atoms with Gasteiger partial charge in [0.2, 0.25) is 5.91 Å². The molecule has 3 N–H and O–H groups in total. The van der Waals surface area contributed by atoms with Gasteiger partial charge in [-0.1, -0.05) is 5.21 Å². The van der Waals surface area contributed by atoms with Crippen molar-refractivity contribution in [1.82, 2.24) is 30.1 Å². The third-order valence-corrected chi connectivity index (χ3v) is 3.22. The number of nitrogens with two attached hydrogens (primary N) is 1. The Hall–Kier alpha value is -2.22. The molecule has 108 valence electrons. The van der Waals surface area contributed by atoms with E-state index in [1.165, 1.54) is 4.68 Å². The maximum Gasteiger partial charge on any atom is 0.242 e. The van der Waals surface area contributed by atoms with Crippen LogP contribution in [0, 0.1) is 6.92 Å². The van der Waals surface area contributed by atoms with E-state index in [0.717, 1.165) is 11.3 Å². The number of nitrogens with zero attached hydrogens (tertiary/aromatic N) is 5. The molecule has 0 aliphatic heterocycles. The van der Waals surface area contributed by atoms with Crippen molar-refractivity contribution in [3.05, 3.63) is 29.3 Å². The second-order valence-electron chi connectivity index (χ2n) is 4.71. The van der Waals surface area contributed by atoms with Gasteiger partial charge in [-0.15, -0.1) is 5.10 Å². The van der Waals surface area contributed by atoms with Crippen LogP contribution in [0.25, 0.3) is 0 Å². The van der Waals surface area contributed by atoms with Crippen LogP contribution >= 0.6 is 0 Å². The number of carbonyl (C=O) groups is 1. The van der Waals surface area contributed by atoms with Crippen molar-refractivity contribution in [1.29, 1.82) is 0 Å². The molecule has 2 aromatic heterocycles. The number of carbonyl (C=O) groups excluding carboxylic acids is 1.